The first kappa shape index (κ1) is 18.0. The molecule has 8 heteroatoms. The van der Waals surface area contributed by atoms with Crippen molar-refractivity contribution in [3.05, 3.63) is 60.3 Å². The van der Waals surface area contributed by atoms with E-state index in [-0.39, 0.29) is 10.3 Å². The van der Waals surface area contributed by atoms with Crippen LogP contribution in [0.5, 0.6) is 0 Å². The van der Waals surface area contributed by atoms with Gasteiger partial charge in [0.15, 0.2) is 0 Å². The van der Waals surface area contributed by atoms with Crippen LogP contribution < -0.4 is 10.1 Å². The maximum Gasteiger partial charge on any atom is 0.261 e. The van der Waals surface area contributed by atoms with Crippen molar-refractivity contribution >= 4 is 41.3 Å². The van der Waals surface area contributed by atoms with Crippen LogP contribution in [0.3, 0.4) is 0 Å². The fraction of sp³-hybridized carbons (Fsp3) is 0.200. The molecule has 5 nitrogen and oxygen atoms in total. The molecule has 0 spiro atoms. The number of allylic oxidation sites excluding steroid dienone is 5. The lowest BCUT2D eigenvalue weighted by Gasteiger charge is -2.13. The monoisotopic (exact) mass is 369 g/mol. The van der Waals surface area contributed by atoms with Gasteiger partial charge >= 0.3 is 0 Å². The van der Waals surface area contributed by atoms with Crippen molar-refractivity contribution in [2.45, 2.75) is 18.7 Å². The van der Waals surface area contributed by atoms with Crippen molar-refractivity contribution in [2.24, 2.45) is 5.41 Å². The van der Waals surface area contributed by atoms with Crippen molar-refractivity contribution in [1.82, 2.24) is 8.54 Å². The number of hydrogen-bond donors (Lipinski definition) is 4. The summed E-state index contributed by atoms with van der Waals surface area (Å²) < 4.78 is 28.6. The molecule has 0 saturated carbocycles. The Labute approximate surface area is 148 Å². The molecule has 0 heterocycles. The van der Waals surface area contributed by atoms with Gasteiger partial charge in [0.25, 0.3) is 10.0 Å². The highest BCUT2D eigenvalue weighted by atomic mass is 32.2. The molecule has 23 heavy (non-hydrogen) atoms. The van der Waals surface area contributed by atoms with Gasteiger partial charge in [0.1, 0.15) is 0 Å². The van der Waals surface area contributed by atoms with Gasteiger partial charge in [0.2, 0.25) is 0 Å². The Kier molecular flexibility index (Phi) is 5.51. The zero-order valence-corrected chi connectivity index (χ0v) is 15.4. The third-order valence-corrected chi connectivity index (χ3v) is 4.74. The molecule has 2 rings (SSSR count). The number of benzene rings is 1. The van der Waals surface area contributed by atoms with Gasteiger partial charge in [-0.3, -0.25) is 4.72 Å². The molecule has 0 radical (unpaired) electrons. The maximum atomic E-state index is 12.4. The van der Waals surface area contributed by atoms with Crippen LogP contribution >= 0.6 is 25.6 Å². The molecule has 0 aliphatic heterocycles. The first-order valence-electron chi connectivity index (χ1n) is 6.84. The zero-order valence-electron chi connectivity index (χ0n) is 12.8. The van der Waals surface area contributed by atoms with Gasteiger partial charge in [0.05, 0.1) is 10.6 Å². The highest BCUT2D eigenvalue weighted by molar-refractivity contribution is 7.93. The van der Waals surface area contributed by atoms with Crippen molar-refractivity contribution < 1.29 is 8.42 Å². The minimum absolute atomic E-state index is 0.109. The molecule has 0 atom stereocenters. The number of rotatable bonds is 5. The van der Waals surface area contributed by atoms with Crippen LogP contribution in [-0.2, 0) is 10.0 Å². The van der Waals surface area contributed by atoms with E-state index in [9.17, 15) is 8.42 Å². The summed E-state index contributed by atoms with van der Waals surface area (Å²) in [7, 11) is -3.64. The molecule has 1 aliphatic carbocycles. The Balaban J connectivity index is 2.16. The predicted octanol–water partition coefficient (Wildman–Crippen LogP) is 3.32. The molecule has 0 bridgehead atoms. The number of nitrogens with one attached hydrogen (secondary N) is 2. The number of sulfonamides is 1. The van der Waals surface area contributed by atoms with Gasteiger partial charge in [-0.15, -0.1) is 3.82 Å². The standard InChI is InChI=1S/C15H19N3O2S3/c1-15(2)10-3-4-13(9-11-15)17-23(19,20)14-7-5-12(6-8-14)16-18(21)22/h3-11,16-17,21-22H,1-2H3. The van der Waals surface area contributed by atoms with Crippen molar-refractivity contribution in [1.29, 1.82) is 0 Å². The van der Waals surface area contributed by atoms with E-state index in [0.29, 0.717) is 11.4 Å². The van der Waals surface area contributed by atoms with Crippen molar-refractivity contribution in [2.75, 3.05) is 5.43 Å². The minimum Gasteiger partial charge on any atom is -0.300 e. The van der Waals surface area contributed by atoms with Crippen LogP contribution in [0, 0.1) is 5.41 Å². The molecule has 0 unspecified atom stereocenters. The molecule has 124 valence electrons. The number of hydrogen-bond acceptors (Lipinski definition) is 6. The normalized spacial score (nSPS) is 16.8. The zero-order chi connectivity index (χ0) is 17.1. The van der Waals surface area contributed by atoms with Crippen LogP contribution in [-0.4, -0.2) is 12.2 Å². The third-order valence-electron chi connectivity index (χ3n) is 3.14. The average molecular weight is 370 g/mol. The molecule has 2 N–H and O–H groups in total. The summed E-state index contributed by atoms with van der Waals surface area (Å²) in [4.78, 5) is 0.176. The second-order valence-electron chi connectivity index (χ2n) is 5.67. The Bertz CT molecular complexity index is 749. The van der Waals surface area contributed by atoms with Gasteiger partial charge in [-0.25, -0.2) is 8.42 Å². The van der Waals surface area contributed by atoms with Gasteiger partial charge in [0, 0.05) is 11.1 Å². The number of thiol groups is 2. The Morgan fingerprint density at radius 3 is 2.35 bits per heavy atom. The van der Waals surface area contributed by atoms with E-state index in [2.05, 4.69) is 35.8 Å². The fourth-order valence-corrected chi connectivity index (χ4v) is 3.21. The van der Waals surface area contributed by atoms with Crippen molar-refractivity contribution in [3.63, 3.8) is 0 Å². The molecular formula is C15H19N3O2S3. The van der Waals surface area contributed by atoms with E-state index >= 15 is 0 Å². The highest BCUT2D eigenvalue weighted by Gasteiger charge is 2.16. The SMILES string of the molecule is CC1(C)C=CC=C(NS(=O)(=O)c2ccc(NN(S)S)cc2)C=C1. The van der Waals surface area contributed by atoms with Crippen LogP contribution in [0.4, 0.5) is 5.69 Å². The van der Waals surface area contributed by atoms with E-state index in [4.69, 9.17) is 0 Å². The van der Waals surface area contributed by atoms with E-state index < -0.39 is 10.0 Å². The highest BCUT2D eigenvalue weighted by Crippen LogP contribution is 2.23. The van der Waals surface area contributed by atoms with E-state index in [0.717, 1.165) is 0 Å². The number of anilines is 1. The minimum atomic E-state index is -3.64. The van der Waals surface area contributed by atoms with Crippen molar-refractivity contribution in [3.8, 4) is 0 Å². The summed E-state index contributed by atoms with van der Waals surface area (Å²) in [6.07, 6.45) is 9.31. The Morgan fingerprint density at radius 1 is 1.09 bits per heavy atom. The van der Waals surface area contributed by atoms with E-state index in [1.54, 1.807) is 24.3 Å². The lowest BCUT2D eigenvalue weighted by molar-refractivity contribution is 0.589. The second kappa shape index (κ2) is 7.04. The van der Waals surface area contributed by atoms with Gasteiger partial charge in [-0.05, 0) is 36.4 Å². The summed E-state index contributed by atoms with van der Waals surface area (Å²) >= 11 is 7.88. The summed E-state index contributed by atoms with van der Waals surface area (Å²) in [5.74, 6) is 0. The summed E-state index contributed by atoms with van der Waals surface area (Å²) in [5.41, 5.74) is 3.88. The maximum absolute atomic E-state index is 12.4. The lowest BCUT2D eigenvalue weighted by atomic mass is 9.93. The topological polar surface area (TPSA) is 61.4 Å². The smallest absolute Gasteiger partial charge is 0.261 e. The fourth-order valence-electron chi connectivity index (χ4n) is 1.92. The molecule has 0 fully saturated rings. The quantitative estimate of drug-likeness (QED) is 0.475. The molecule has 0 amide bonds. The Hall–Kier alpha value is -1.35. The molecule has 1 aliphatic rings. The third kappa shape index (κ3) is 5.35. The van der Waals surface area contributed by atoms with Gasteiger partial charge < -0.3 is 5.43 Å². The molecule has 1 aromatic carbocycles. The molecular weight excluding hydrogens is 350 g/mol. The lowest BCUT2D eigenvalue weighted by Crippen LogP contribution is -2.22. The molecule has 0 aromatic heterocycles. The molecule has 0 saturated heterocycles. The van der Waals surface area contributed by atoms with Crippen LogP contribution in [0.2, 0.25) is 0 Å². The molecule has 1 aromatic rings. The summed E-state index contributed by atoms with van der Waals surface area (Å²) in [6.45, 7) is 4.09. The van der Waals surface area contributed by atoms with Crippen LogP contribution in [0.15, 0.2) is 65.2 Å². The Morgan fingerprint density at radius 2 is 1.74 bits per heavy atom. The van der Waals surface area contributed by atoms with Gasteiger partial charge in [-0.2, -0.15) is 0 Å². The number of nitrogens with zero attached hydrogens (tertiary/aromatic N) is 1. The first-order chi connectivity index (χ1) is 10.7. The van der Waals surface area contributed by atoms with Crippen LogP contribution in [0.1, 0.15) is 13.8 Å². The largest absolute Gasteiger partial charge is 0.300 e. The van der Waals surface area contributed by atoms with E-state index in [1.807, 2.05) is 32.1 Å². The summed E-state index contributed by atoms with van der Waals surface area (Å²) in [5, 5.41) is 0. The average Bonchev–Trinajstić information content (AvgIpc) is 2.60. The second-order valence-corrected chi connectivity index (χ2v) is 8.46. The number of hydrazine groups is 1. The first-order valence-corrected chi connectivity index (χ1v) is 9.12. The summed E-state index contributed by atoms with van der Waals surface area (Å²) in [6, 6.07) is 6.29. The van der Waals surface area contributed by atoms with Crippen LogP contribution in [0.25, 0.3) is 0 Å². The predicted molar refractivity (Wildman–Crippen MR) is 100 cm³/mol. The van der Waals surface area contributed by atoms with E-state index in [1.165, 1.54) is 16.0 Å². The van der Waals surface area contributed by atoms with Gasteiger partial charge in [-0.1, -0.05) is 57.7 Å².